The number of carbonyl (C=O) groups is 2. The van der Waals surface area contributed by atoms with E-state index in [9.17, 15) is 14.7 Å². The van der Waals surface area contributed by atoms with Gasteiger partial charge < -0.3 is 10.0 Å². The maximum atomic E-state index is 12.4. The molecule has 0 bridgehead atoms. The van der Waals surface area contributed by atoms with Crippen LogP contribution in [-0.4, -0.2) is 34.5 Å². The van der Waals surface area contributed by atoms with E-state index in [1.165, 1.54) is 31.4 Å². The zero-order valence-corrected chi connectivity index (χ0v) is 14.8. The van der Waals surface area contributed by atoms with Crippen LogP contribution in [0.15, 0.2) is 59.5 Å². The Morgan fingerprint density at radius 2 is 1.62 bits per heavy atom. The normalized spacial score (nSPS) is 11.1. The van der Waals surface area contributed by atoms with Gasteiger partial charge in [-0.25, -0.2) is 4.79 Å². The highest BCUT2D eigenvalue weighted by molar-refractivity contribution is 7.98. The highest BCUT2D eigenvalue weighted by Crippen LogP contribution is 2.24. The molecule has 0 saturated carbocycles. The Morgan fingerprint density at radius 1 is 1.04 bits per heavy atom. The molecule has 0 aromatic heterocycles. The van der Waals surface area contributed by atoms with Crippen LogP contribution in [0.25, 0.3) is 0 Å². The minimum Gasteiger partial charge on any atom is -0.480 e. The molecule has 5 heteroatoms. The fraction of sp³-hybridized carbons (Fsp3) is 0.263. The lowest BCUT2D eigenvalue weighted by Crippen LogP contribution is -2.50. The van der Waals surface area contributed by atoms with Gasteiger partial charge in [-0.3, -0.25) is 4.79 Å². The smallest absolute Gasteiger partial charge is 0.329 e. The molecule has 0 radical (unpaired) electrons. The molecule has 0 heterocycles. The zero-order valence-electron chi connectivity index (χ0n) is 14.0. The van der Waals surface area contributed by atoms with Crippen molar-refractivity contribution in [2.45, 2.75) is 30.0 Å². The molecule has 0 saturated heterocycles. The number of benzene rings is 2. The molecule has 0 fully saturated rings. The third-order valence-corrected chi connectivity index (χ3v) is 5.10. The van der Waals surface area contributed by atoms with Crippen LogP contribution in [0, 0.1) is 0 Å². The SMILES string of the molecule is CN(C(=O)c1ccc(SCc2ccccc2)cc1)C(C)(C)C(=O)O. The summed E-state index contributed by atoms with van der Waals surface area (Å²) in [6.45, 7) is 3.02. The van der Waals surface area contributed by atoms with Crippen molar-refractivity contribution in [1.29, 1.82) is 0 Å². The quantitative estimate of drug-likeness (QED) is 0.808. The summed E-state index contributed by atoms with van der Waals surface area (Å²) in [6.07, 6.45) is 0. The number of rotatable bonds is 6. The fourth-order valence-electron chi connectivity index (χ4n) is 2.03. The molecule has 0 spiro atoms. The van der Waals surface area contributed by atoms with E-state index >= 15 is 0 Å². The Morgan fingerprint density at radius 3 is 2.17 bits per heavy atom. The van der Waals surface area contributed by atoms with Crippen LogP contribution < -0.4 is 0 Å². The van der Waals surface area contributed by atoms with Crippen molar-refractivity contribution in [1.82, 2.24) is 4.90 Å². The maximum absolute atomic E-state index is 12.4. The predicted molar refractivity (Wildman–Crippen MR) is 96.3 cm³/mol. The minimum atomic E-state index is -1.25. The van der Waals surface area contributed by atoms with Gasteiger partial charge in [0.05, 0.1) is 0 Å². The number of hydrogen-bond acceptors (Lipinski definition) is 3. The maximum Gasteiger partial charge on any atom is 0.329 e. The van der Waals surface area contributed by atoms with Crippen LogP contribution in [0.3, 0.4) is 0 Å². The number of nitrogens with zero attached hydrogens (tertiary/aromatic N) is 1. The van der Waals surface area contributed by atoms with Crippen molar-refractivity contribution >= 4 is 23.6 Å². The largest absolute Gasteiger partial charge is 0.480 e. The van der Waals surface area contributed by atoms with Gasteiger partial charge in [-0.1, -0.05) is 30.3 Å². The Bertz CT molecular complexity index is 711. The molecule has 2 rings (SSSR count). The Balaban J connectivity index is 2.03. The second-order valence-electron chi connectivity index (χ2n) is 6.03. The lowest BCUT2D eigenvalue weighted by atomic mass is 10.0. The Hall–Kier alpha value is -2.27. The molecule has 0 unspecified atom stereocenters. The summed E-state index contributed by atoms with van der Waals surface area (Å²) in [6, 6.07) is 17.4. The second kappa shape index (κ2) is 7.53. The van der Waals surface area contributed by atoms with Crippen molar-refractivity contribution in [2.24, 2.45) is 0 Å². The standard InChI is InChI=1S/C19H21NO3S/c1-19(2,18(22)23)20(3)17(21)15-9-11-16(12-10-15)24-13-14-7-5-4-6-8-14/h4-12H,13H2,1-3H3,(H,22,23). The first-order valence-corrected chi connectivity index (χ1v) is 8.59. The van der Waals surface area contributed by atoms with Crippen LogP contribution in [0.5, 0.6) is 0 Å². The van der Waals surface area contributed by atoms with Gasteiger partial charge in [-0.15, -0.1) is 11.8 Å². The van der Waals surface area contributed by atoms with E-state index in [4.69, 9.17) is 0 Å². The third kappa shape index (κ3) is 4.17. The molecule has 0 aliphatic heterocycles. The van der Waals surface area contributed by atoms with Gasteiger partial charge in [0.25, 0.3) is 5.91 Å². The lowest BCUT2D eigenvalue weighted by Gasteiger charge is -2.31. The first-order valence-electron chi connectivity index (χ1n) is 7.60. The molecular formula is C19H21NO3S. The summed E-state index contributed by atoms with van der Waals surface area (Å²) in [5.41, 5.74) is 0.471. The van der Waals surface area contributed by atoms with Crippen LogP contribution in [-0.2, 0) is 10.5 Å². The lowest BCUT2D eigenvalue weighted by molar-refractivity contribution is -0.147. The highest BCUT2D eigenvalue weighted by Gasteiger charge is 2.35. The summed E-state index contributed by atoms with van der Waals surface area (Å²) in [5.74, 6) is -0.476. The van der Waals surface area contributed by atoms with E-state index in [0.717, 1.165) is 10.6 Å². The van der Waals surface area contributed by atoms with E-state index in [1.54, 1.807) is 23.9 Å². The molecule has 1 amide bonds. The van der Waals surface area contributed by atoms with Crippen LogP contribution >= 0.6 is 11.8 Å². The number of likely N-dealkylation sites (N-methyl/N-ethyl adjacent to an activating group) is 1. The molecular weight excluding hydrogens is 322 g/mol. The molecule has 0 atom stereocenters. The van der Waals surface area contributed by atoms with E-state index in [-0.39, 0.29) is 5.91 Å². The predicted octanol–water partition coefficient (Wildman–Crippen LogP) is 3.91. The van der Waals surface area contributed by atoms with Crippen molar-refractivity contribution in [3.63, 3.8) is 0 Å². The molecule has 4 nitrogen and oxygen atoms in total. The van der Waals surface area contributed by atoms with Crippen LogP contribution in [0.2, 0.25) is 0 Å². The molecule has 0 aliphatic carbocycles. The average Bonchev–Trinajstić information content (AvgIpc) is 2.60. The van der Waals surface area contributed by atoms with Gasteiger partial charge in [0.15, 0.2) is 0 Å². The number of thioether (sulfide) groups is 1. The molecule has 24 heavy (non-hydrogen) atoms. The Labute approximate surface area is 146 Å². The average molecular weight is 343 g/mol. The van der Waals surface area contributed by atoms with E-state index in [0.29, 0.717) is 5.56 Å². The molecule has 0 aliphatic rings. The highest BCUT2D eigenvalue weighted by atomic mass is 32.2. The van der Waals surface area contributed by atoms with Gasteiger partial charge in [-0.05, 0) is 43.7 Å². The number of carboxylic acid groups (broad SMARTS) is 1. The molecule has 2 aromatic rings. The van der Waals surface area contributed by atoms with Crippen molar-refractivity contribution in [3.8, 4) is 0 Å². The number of carboxylic acids is 1. The molecule has 2 aromatic carbocycles. The molecule has 1 N–H and O–H groups in total. The first kappa shape index (κ1) is 18.1. The van der Waals surface area contributed by atoms with Gasteiger partial charge in [-0.2, -0.15) is 0 Å². The monoisotopic (exact) mass is 343 g/mol. The Kier molecular flexibility index (Phi) is 5.67. The zero-order chi connectivity index (χ0) is 17.7. The number of hydrogen-bond donors (Lipinski definition) is 1. The summed E-state index contributed by atoms with van der Waals surface area (Å²) in [7, 11) is 1.51. The second-order valence-corrected chi connectivity index (χ2v) is 7.08. The number of carbonyl (C=O) groups excluding carboxylic acids is 1. The van der Waals surface area contributed by atoms with Gasteiger partial charge in [0, 0.05) is 23.3 Å². The van der Waals surface area contributed by atoms with E-state index in [1.807, 2.05) is 30.3 Å². The number of amides is 1. The number of aliphatic carboxylic acids is 1. The van der Waals surface area contributed by atoms with Gasteiger partial charge in [0.1, 0.15) is 5.54 Å². The summed E-state index contributed by atoms with van der Waals surface area (Å²) >= 11 is 1.69. The third-order valence-electron chi connectivity index (χ3n) is 4.02. The van der Waals surface area contributed by atoms with E-state index < -0.39 is 11.5 Å². The summed E-state index contributed by atoms with van der Waals surface area (Å²) < 4.78 is 0. The van der Waals surface area contributed by atoms with Crippen LogP contribution in [0.1, 0.15) is 29.8 Å². The first-order chi connectivity index (χ1) is 11.3. The van der Waals surface area contributed by atoms with E-state index in [2.05, 4.69) is 12.1 Å². The fourth-order valence-corrected chi connectivity index (χ4v) is 2.88. The van der Waals surface area contributed by atoms with Gasteiger partial charge >= 0.3 is 5.97 Å². The van der Waals surface area contributed by atoms with Crippen molar-refractivity contribution in [3.05, 3.63) is 65.7 Å². The van der Waals surface area contributed by atoms with Crippen LogP contribution in [0.4, 0.5) is 0 Å². The van der Waals surface area contributed by atoms with Crippen molar-refractivity contribution < 1.29 is 14.7 Å². The molecule has 126 valence electrons. The van der Waals surface area contributed by atoms with Gasteiger partial charge in [0.2, 0.25) is 0 Å². The topological polar surface area (TPSA) is 57.6 Å². The summed E-state index contributed by atoms with van der Waals surface area (Å²) in [4.78, 5) is 26.0. The van der Waals surface area contributed by atoms with Crippen molar-refractivity contribution in [2.75, 3.05) is 7.05 Å². The summed E-state index contributed by atoms with van der Waals surface area (Å²) in [5, 5.41) is 9.23. The minimum absolute atomic E-state index is 0.304.